The Morgan fingerprint density at radius 2 is 0.630 bits per heavy atom. The molecule has 4 saturated heterocycles. The molecule has 0 radical (unpaired) electrons. The molecule has 0 aromatic heterocycles. The molecule has 8 aliphatic rings. The standard InChI is InChI=1S/C24H29N3O3.C23H27N3O4.C23H27N3O3.C22H24BrN3O4/c1-16-6-8-20-18(13-16)22(25-19-7-5-17(2)14-21(19)30-20)27-11-9-26(10-12-27)15-24(3,4)23(28)29;1-23(2,22(27)28)15-25-10-12-26(13-11-25)21-17-6-4-5-7-19(17)30-20-14-16(29-3)8-9-18(20)24-21;1-16-8-9-18-20(14-16)29-19-7-5-4-6-17(19)21(24-18)26-12-10-25(11-13-26)15-23(2,3)22(27)28;1-22(2,21(28)29)13-25-7-9-26(10-8-25)20-16-12-15(27)4-6-18(16)30-19-11-14(23)3-5-17(19)24-20/h5-8,13-14H,9-12,15H2,1-4H3,(H,28,29);4-9,14H,10-13,15H2,1-3H3,(H,27,28);4-9,14H,10-13,15H2,1-3H3,(H,27,28);3-6,11-12,27H,7-10,13H2,1-2H3,(H,28,29). The molecule has 8 aliphatic heterocycles. The van der Waals surface area contributed by atoms with Gasteiger partial charge in [-0.05, 0) is 196 Å². The summed E-state index contributed by atoms with van der Waals surface area (Å²) in [4.78, 5) is 83.5. The summed E-state index contributed by atoms with van der Waals surface area (Å²) in [6.07, 6.45) is 0. The van der Waals surface area contributed by atoms with Gasteiger partial charge in [0.1, 0.15) is 80.6 Å². The monoisotopic (exact) mass is 1680 g/mol. The molecule has 0 amide bonds. The summed E-state index contributed by atoms with van der Waals surface area (Å²) >= 11 is 3.47. The number of aliphatic carboxylic acids is 4. The molecule has 0 atom stereocenters. The van der Waals surface area contributed by atoms with Crippen LogP contribution in [0.2, 0.25) is 0 Å². The summed E-state index contributed by atoms with van der Waals surface area (Å²) in [5.41, 5.74) is 7.19. The lowest BCUT2D eigenvalue weighted by molar-refractivity contribution is -0.149. The number of piperazine rings is 4. The first-order valence-corrected chi connectivity index (χ1v) is 41.2. The van der Waals surface area contributed by atoms with Crippen LogP contribution in [0.5, 0.6) is 57.5 Å². The number of amidine groups is 4. The molecule has 0 saturated carbocycles. The molecule has 0 spiro atoms. The molecule has 5 N–H and O–H groups in total. The van der Waals surface area contributed by atoms with E-state index < -0.39 is 45.5 Å². The highest BCUT2D eigenvalue weighted by Crippen LogP contribution is 2.45. The third-order valence-electron chi connectivity index (χ3n) is 22.4. The Bertz CT molecular complexity index is 5080. The molecule has 26 nitrogen and oxygen atoms in total. The molecule has 119 heavy (non-hydrogen) atoms. The van der Waals surface area contributed by atoms with Crippen LogP contribution in [-0.4, -0.2) is 250 Å². The predicted molar refractivity (Wildman–Crippen MR) is 464 cm³/mol. The summed E-state index contributed by atoms with van der Waals surface area (Å²) < 4.78 is 31.0. The summed E-state index contributed by atoms with van der Waals surface area (Å²) in [5.74, 6) is 7.16. The van der Waals surface area contributed by atoms with Crippen molar-refractivity contribution in [2.45, 2.75) is 76.2 Å². The Morgan fingerprint density at radius 3 is 0.992 bits per heavy atom. The van der Waals surface area contributed by atoms with Crippen molar-refractivity contribution in [1.82, 2.24) is 39.2 Å². The minimum Gasteiger partial charge on any atom is -0.508 e. The maximum atomic E-state index is 11.5. The Labute approximate surface area is 704 Å². The molecule has 0 aliphatic carbocycles. The summed E-state index contributed by atoms with van der Waals surface area (Å²) in [6.45, 7) is 34.9. The topological polar surface area (TPSA) is 291 Å². The number of rotatable bonds is 13. The van der Waals surface area contributed by atoms with Gasteiger partial charge in [0.05, 0.1) is 51.0 Å². The molecule has 0 bridgehead atoms. The second kappa shape index (κ2) is 36.1. The number of carboxylic acids is 4. The van der Waals surface area contributed by atoms with Gasteiger partial charge in [-0.3, -0.25) is 38.8 Å². The number of aryl methyl sites for hydroxylation is 3. The van der Waals surface area contributed by atoms with E-state index in [-0.39, 0.29) is 5.75 Å². The number of fused-ring (bicyclic) bond motifs is 8. The van der Waals surface area contributed by atoms with Crippen LogP contribution in [0.25, 0.3) is 0 Å². The third kappa shape index (κ3) is 20.5. The fourth-order valence-electron chi connectivity index (χ4n) is 15.3. The number of nitrogens with zero attached hydrogens (tertiary/aromatic N) is 12. The van der Waals surface area contributed by atoms with Crippen molar-refractivity contribution in [3.05, 3.63) is 201 Å². The predicted octanol–water partition coefficient (Wildman–Crippen LogP) is 15.8. The highest BCUT2D eigenvalue weighted by atomic mass is 79.9. The van der Waals surface area contributed by atoms with Crippen LogP contribution in [0.4, 0.5) is 22.7 Å². The van der Waals surface area contributed by atoms with E-state index in [4.69, 9.17) is 43.7 Å². The SMILES string of the molecule is CC(C)(CN1CCN(C2=Nc3ccc(Br)cc3Oc3ccc(O)cc32)CC1)C(=O)O.COc1ccc2c(c1)Oc1ccccc1C(N1CCN(CC(C)(C)C(=O)O)CC1)=N2.Cc1ccc2c(c1)Oc1ccc(C)cc1C(N1CCN(CC(C)(C)C(=O)O)CC1)=N2.Cc1ccc2c(c1)Oc1ccccc1C(N1CCN(CC(C)(C)C(=O)O)CC1)=N2. The van der Waals surface area contributed by atoms with Gasteiger partial charge < -0.3 is 68.8 Å². The van der Waals surface area contributed by atoms with E-state index >= 15 is 0 Å². The molecular weight excluding hydrogens is 1580 g/mol. The smallest absolute Gasteiger partial charge is 0.310 e. The number of aromatic hydroxyl groups is 1. The molecule has 8 aromatic carbocycles. The molecule has 8 heterocycles. The van der Waals surface area contributed by atoms with Gasteiger partial charge in [0.25, 0.3) is 0 Å². The van der Waals surface area contributed by atoms with E-state index in [0.29, 0.717) is 56.5 Å². The van der Waals surface area contributed by atoms with Crippen molar-refractivity contribution in [3.63, 3.8) is 0 Å². The number of phenols is 1. The Balaban J connectivity index is 0.000000137. The minimum absolute atomic E-state index is 0.152. The van der Waals surface area contributed by atoms with E-state index in [1.165, 1.54) is 0 Å². The van der Waals surface area contributed by atoms with Crippen LogP contribution in [0, 0.1) is 42.4 Å². The van der Waals surface area contributed by atoms with Crippen LogP contribution in [0.1, 0.15) is 94.3 Å². The van der Waals surface area contributed by atoms with Gasteiger partial charge in [0, 0.05) is 141 Å². The van der Waals surface area contributed by atoms with Gasteiger partial charge in [0.2, 0.25) is 0 Å². The van der Waals surface area contributed by atoms with Gasteiger partial charge in [-0.2, -0.15) is 0 Å². The number of hydrogen-bond donors (Lipinski definition) is 5. The van der Waals surface area contributed by atoms with E-state index in [1.54, 1.807) is 80.7 Å². The van der Waals surface area contributed by atoms with Crippen LogP contribution < -0.4 is 23.7 Å². The summed E-state index contributed by atoms with van der Waals surface area (Å²) in [7, 11) is 1.63. The molecule has 8 aromatic rings. The third-order valence-corrected chi connectivity index (χ3v) is 22.9. The Kier molecular flexibility index (Phi) is 25.9. The van der Waals surface area contributed by atoms with Crippen molar-refractivity contribution in [1.29, 1.82) is 0 Å². The normalized spacial score (nSPS) is 16.8. The van der Waals surface area contributed by atoms with Gasteiger partial charge >= 0.3 is 23.9 Å². The maximum Gasteiger partial charge on any atom is 0.310 e. The van der Waals surface area contributed by atoms with E-state index in [2.05, 4.69) is 80.3 Å². The van der Waals surface area contributed by atoms with E-state index in [1.807, 2.05) is 135 Å². The molecule has 16 rings (SSSR count). The van der Waals surface area contributed by atoms with Crippen molar-refractivity contribution in [2.24, 2.45) is 41.6 Å². The minimum atomic E-state index is -0.791. The number of aliphatic imine (C=N–C) groups is 4. The highest BCUT2D eigenvalue weighted by molar-refractivity contribution is 9.10. The van der Waals surface area contributed by atoms with Crippen molar-refractivity contribution >= 4 is 85.9 Å². The first-order valence-electron chi connectivity index (χ1n) is 40.4. The maximum absolute atomic E-state index is 11.5. The zero-order valence-corrected chi connectivity index (χ0v) is 71.4. The fourth-order valence-corrected chi connectivity index (χ4v) is 15.7. The zero-order valence-electron chi connectivity index (χ0n) is 69.8. The lowest BCUT2D eigenvalue weighted by Crippen LogP contribution is -2.52. The van der Waals surface area contributed by atoms with E-state index in [9.17, 15) is 44.7 Å². The van der Waals surface area contributed by atoms with Crippen molar-refractivity contribution < 1.29 is 68.4 Å². The number of carbonyl (C=O) groups is 4. The van der Waals surface area contributed by atoms with Crippen LogP contribution in [0.15, 0.2) is 182 Å². The fraction of sp³-hybridized carbons (Fsp3) is 0.391. The highest BCUT2D eigenvalue weighted by Gasteiger charge is 2.38. The number of carboxylic acid groups (broad SMARTS) is 4. The number of halogens is 1. The lowest BCUT2D eigenvalue weighted by atomic mass is 9.93. The van der Waals surface area contributed by atoms with Crippen molar-refractivity contribution in [2.75, 3.05) is 138 Å². The number of methoxy groups -OCH3 is 1. The average Bonchev–Trinajstić information content (AvgIpc) is 1.68. The van der Waals surface area contributed by atoms with Gasteiger partial charge in [-0.15, -0.1) is 0 Å². The summed E-state index contributed by atoms with van der Waals surface area (Å²) in [6, 6.07) is 50.7. The molecular formula is C92H107BrN12O14. The van der Waals surface area contributed by atoms with Gasteiger partial charge in [-0.1, -0.05) is 64.0 Å². The Hall–Kier alpha value is -11.4. The molecule has 4 fully saturated rings. The second-order valence-corrected chi connectivity index (χ2v) is 34.9. The van der Waals surface area contributed by atoms with Gasteiger partial charge in [-0.25, -0.2) is 20.0 Å². The molecule has 27 heteroatoms. The van der Waals surface area contributed by atoms with Gasteiger partial charge in [0.15, 0.2) is 23.0 Å². The molecule has 0 unspecified atom stereocenters. The second-order valence-electron chi connectivity index (χ2n) is 34.0. The lowest BCUT2D eigenvalue weighted by Gasteiger charge is -2.39. The van der Waals surface area contributed by atoms with Crippen molar-refractivity contribution in [3.8, 4) is 57.5 Å². The van der Waals surface area contributed by atoms with Crippen LogP contribution in [0.3, 0.4) is 0 Å². The first-order chi connectivity index (χ1) is 56.7. The first kappa shape index (κ1) is 85.5. The van der Waals surface area contributed by atoms with E-state index in [0.717, 1.165) is 216 Å². The number of phenolic OH excluding ortho intramolecular Hbond substituents is 1. The van der Waals surface area contributed by atoms with Crippen LogP contribution in [-0.2, 0) is 19.2 Å². The largest absolute Gasteiger partial charge is 0.508 e. The quantitative estimate of drug-likeness (QED) is 0.0717. The number of hydrogen-bond acceptors (Lipinski definition) is 22. The zero-order chi connectivity index (χ0) is 84.8. The Morgan fingerprint density at radius 1 is 0.345 bits per heavy atom. The van der Waals surface area contributed by atoms with Crippen LogP contribution >= 0.6 is 15.9 Å². The number of ether oxygens (including phenoxy) is 5. The number of para-hydroxylation sites is 2. The molecule has 626 valence electrons. The number of benzene rings is 8. The summed E-state index contributed by atoms with van der Waals surface area (Å²) in [5, 5.41) is 47.8. The average molecular weight is 1680 g/mol.